The number of rotatable bonds is 4. The van der Waals surface area contributed by atoms with E-state index in [1.54, 1.807) is 0 Å². The van der Waals surface area contributed by atoms with Gasteiger partial charge in [-0.05, 0) is 47.3 Å². The summed E-state index contributed by atoms with van der Waals surface area (Å²) in [4.78, 5) is 17.2. The van der Waals surface area contributed by atoms with Crippen molar-refractivity contribution in [1.82, 2.24) is 25.4 Å². The maximum absolute atomic E-state index is 12.8. The first-order chi connectivity index (χ1) is 12.8. The van der Waals surface area contributed by atoms with Gasteiger partial charge in [0.2, 0.25) is 0 Å². The molecule has 8 nitrogen and oxygen atoms in total. The Morgan fingerprint density at radius 1 is 1.15 bits per heavy atom. The molecule has 1 aromatic heterocycles. The second-order valence-corrected chi connectivity index (χ2v) is 7.00. The highest BCUT2D eigenvalue weighted by atomic mass is 16.6. The molecule has 2 aromatic rings. The summed E-state index contributed by atoms with van der Waals surface area (Å²) in [6.07, 6.45) is 3.33. The standard InChI is InChI=1S/C18H25N5O3/c24-18(19-12-14-4-5-16-17(11-14)21-26-20-16)23-6-2-1-3-15(23)13-22-7-9-25-10-8-22/h4-5,11,15H,1-3,6-10,12-13H2,(H,19,24). The van der Waals surface area contributed by atoms with Crippen LogP contribution in [0.1, 0.15) is 24.8 Å². The minimum absolute atomic E-state index is 0.0151. The number of nitrogens with zero attached hydrogens (tertiary/aromatic N) is 4. The maximum atomic E-state index is 12.8. The second-order valence-electron chi connectivity index (χ2n) is 7.00. The highest BCUT2D eigenvalue weighted by Crippen LogP contribution is 2.19. The van der Waals surface area contributed by atoms with E-state index in [1.807, 2.05) is 23.1 Å². The molecule has 2 aliphatic rings. The van der Waals surface area contributed by atoms with E-state index >= 15 is 0 Å². The van der Waals surface area contributed by atoms with Crippen LogP contribution in [-0.2, 0) is 11.3 Å². The molecule has 2 saturated heterocycles. The fourth-order valence-corrected chi connectivity index (χ4v) is 3.76. The fourth-order valence-electron chi connectivity index (χ4n) is 3.76. The molecule has 4 rings (SSSR count). The average molecular weight is 359 g/mol. The third-order valence-electron chi connectivity index (χ3n) is 5.22. The van der Waals surface area contributed by atoms with Gasteiger partial charge in [0, 0.05) is 38.8 Å². The van der Waals surface area contributed by atoms with Crippen molar-refractivity contribution in [3.05, 3.63) is 23.8 Å². The van der Waals surface area contributed by atoms with Crippen molar-refractivity contribution in [3.63, 3.8) is 0 Å². The van der Waals surface area contributed by atoms with E-state index in [2.05, 4.69) is 20.5 Å². The number of morpholine rings is 1. The van der Waals surface area contributed by atoms with E-state index in [-0.39, 0.29) is 12.1 Å². The Balaban J connectivity index is 1.35. The topological polar surface area (TPSA) is 83.7 Å². The molecular formula is C18H25N5O3. The van der Waals surface area contributed by atoms with Gasteiger partial charge in [0.15, 0.2) is 0 Å². The maximum Gasteiger partial charge on any atom is 0.317 e. The minimum atomic E-state index is 0.0151. The Labute approximate surface area is 152 Å². The summed E-state index contributed by atoms with van der Waals surface area (Å²) in [5, 5.41) is 10.7. The summed E-state index contributed by atoms with van der Waals surface area (Å²) in [6, 6.07) is 5.99. The summed E-state index contributed by atoms with van der Waals surface area (Å²) in [6.45, 7) is 5.73. The molecule has 0 saturated carbocycles. The lowest BCUT2D eigenvalue weighted by Gasteiger charge is -2.39. The lowest BCUT2D eigenvalue weighted by atomic mass is 10.0. The van der Waals surface area contributed by atoms with Crippen molar-refractivity contribution >= 4 is 17.1 Å². The number of fused-ring (bicyclic) bond motifs is 1. The molecule has 2 amide bonds. The lowest BCUT2D eigenvalue weighted by molar-refractivity contribution is 0.0221. The van der Waals surface area contributed by atoms with Crippen LogP contribution in [-0.4, -0.2) is 71.6 Å². The predicted molar refractivity (Wildman–Crippen MR) is 95.6 cm³/mol. The minimum Gasteiger partial charge on any atom is -0.379 e. The Kier molecular flexibility index (Phi) is 5.31. The summed E-state index contributed by atoms with van der Waals surface area (Å²) in [5.74, 6) is 0. The predicted octanol–water partition coefficient (Wildman–Crippen LogP) is 1.62. The number of ether oxygens (including phenoxy) is 1. The Morgan fingerprint density at radius 2 is 2.00 bits per heavy atom. The number of carbonyl (C=O) groups is 1. The van der Waals surface area contributed by atoms with E-state index in [1.165, 1.54) is 6.42 Å². The van der Waals surface area contributed by atoms with E-state index < -0.39 is 0 Å². The molecule has 0 aliphatic carbocycles. The van der Waals surface area contributed by atoms with Gasteiger partial charge >= 0.3 is 6.03 Å². The number of urea groups is 1. The molecule has 1 aromatic carbocycles. The van der Waals surface area contributed by atoms with Gasteiger partial charge in [-0.2, -0.15) is 0 Å². The van der Waals surface area contributed by atoms with E-state index in [4.69, 9.17) is 9.37 Å². The van der Waals surface area contributed by atoms with E-state index in [0.29, 0.717) is 12.1 Å². The molecule has 1 unspecified atom stereocenters. The van der Waals surface area contributed by atoms with Gasteiger partial charge in [-0.3, -0.25) is 4.90 Å². The van der Waals surface area contributed by atoms with Crippen LogP contribution >= 0.6 is 0 Å². The third-order valence-corrected chi connectivity index (χ3v) is 5.22. The smallest absolute Gasteiger partial charge is 0.317 e. The van der Waals surface area contributed by atoms with Crippen LogP contribution < -0.4 is 5.32 Å². The zero-order valence-corrected chi connectivity index (χ0v) is 14.9. The molecule has 1 atom stereocenters. The molecule has 0 bridgehead atoms. The van der Waals surface area contributed by atoms with Gasteiger partial charge < -0.3 is 15.0 Å². The van der Waals surface area contributed by atoms with Crippen molar-refractivity contribution < 1.29 is 14.2 Å². The van der Waals surface area contributed by atoms with Gasteiger partial charge in [-0.1, -0.05) is 6.07 Å². The quantitative estimate of drug-likeness (QED) is 0.893. The van der Waals surface area contributed by atoms with Gasteiger partial charge in [0.05, 0.1) is 13.2 Å². The van der Waals surface area contributed by atoms with E-state index in [9.17, 15) is 4.79 Å². The first-order valence-electron chi connectivity index (χ1n) is 9.35. The number of carbonyl (C=O) groups excluding carboxylic acids is 1. The van der Waals surface area contributed by atoms with Crippen LogP contribution in [0.3, 0.4) is 0 Å². The molecular weight excluding hydrogens is 334 g/mol. The summed E-state index contributed by atoms with van der Waals surface area (Å²) < 4.78 is 10.1. The summed E-state index contributed by atoms with van der Waals surface area (Å²) >= 11 is 0. The monoisotopic (exact) mass is 359 g/mol. The third kappa shape index (κ3) is 3.96. The number of nitrogens with one attached hydrogen (secondary N) is 1. The molecule has 26 heavy (non-hydrogen) atoms. The normalized spacial score (nSPS) is 21.8. The molecule has 2 fully saturated rings. The summed E-state index contributed by atoms with van der Waals surface area (Å²) in [7, 11) is 0. The molecule has 0 spiro atoms. The Hall–Kier alpha value is -2.19. The van der Waals surface area contributed by atoms with Gasteiger partial charge in [0.1, 0.15) is 11.0 Å². The van der Waals surface area contributed by atoms with Crippen molar-refractivity contribution in [3.8, 4) is 0 Å². The van der Waals surface area contributed by atoms with Crippen LogP contribution in [0.5, 0.6) is 0 Å². The van der Waals surface area contributed by atoms with Crippen LogP contribution in [0.2, 0.25) is 0 Å². The van der Waals surface area contributed by atoms with Crippen molar-refractivity contribution in [2.75, 3.05) is 39.4 Å². The molecule has 140 valence electrons. The zero-order valence-electron chi connectivity index (χ0n) is 14.9. The van der Waals surface area contributed by atoms with Crippen molar-refractivity contribution in [1.29, 1.82) is 0 Å². The largest absolute Gasteiger partial charge is 0.379 e. The van der Waals surface area contributed by atoms with Crippen molar-refractivity contribution in [2.45, 2.75) is 31.8 Å². The number of piperidine rings is 1. The molecule has 2 aliphatic heterocycles. The number of hydrogen-bond donors (Lipinski definition) is 1. The number of hydrogen-bond acceptors (Lipinski definition) is 6. The average Bonchev–Trinajstić information content (AvgIpc) is 3.15. The number of benzene rings is 1. The number of amides is 2. The van der Waals surface area contributed by atoms with Crippen LogP contribution in [0.4, 0.5) is 4.79 Å². The molecule has 1 N–H and O–H groups in total. The highest BCUT2D eigenvalue weighted by Gasteiger charge is 2.28. The lowest BCUT2D eigenvalue weighted by Crippen LogP contribution is -2.53. The van der Waals surface area contributed by atoms with Crippen LogP contribution in [0.25, 0.3) is 11.0 Å². The number of aromatic nitrogens is 2. The molecule has 0 radical (unpaired) electrons. The molecule has 8 heteroatoms. The summed E-state index contributed by atoms with van der Waals surface area (Å²) in [5.41, 5.74) is 2.42. The van der Waals surface area contributed by atoms with E-state index in [0.717, 1.165) is 63.3 Å². The Bertz CT molecular complexity index is 743. The van der Waals surface area contributed by atoms with Gasteiger partial charge in [-0.15, -0.1) is 0 Å². The number of likely N-dealkylation sites (tertiary alicyclic amines) is 1. The molecule has 3 heterocycles. The first-order valence-corrected chi connectivity index (χ1v) is 9.35. The first kappa shape index (κ1) is 17.2. The zero-order chi connectivity index (χ0) is 17.8. The highest BCUT2D eigenvalue weighted by molar-refractivity contribution is 5.76. The van der Waals surface area contributed by atoms with Gasteiger partial charge in [0.25, 0.3) is 0 Å². The Morgan fingerprint density at radius 3 is 2.88 bits per heavy atom. The van der Waals surface area contributed by atoms with Crippen molar-refractivity contribution in [2.24, 2.45) is 0 Å². The van der Waals surface area contributed by atoms with Crippen LogP contribution in [0.15, 0.2) is 22.8 Å². The van der Waals surface area contributed by atoms with Crippen LogP contribution in [0, 0.1) is 0 Å². The SMILES string of the molecule is O=C(NCc1ccc2nonc2c1)N1CCCCC1CN1CCOCC1. The van der Waals surface area contributed by atoms with Gasteiger partial charge in [-0.25, -0.2) is 9.42 Å². The fraction of sp³-hybridized carbons (Fsp3) is 0.611. The second kappa shape index (κ2) is 8.01.